The maximum absolute atomic E-state index is 12.3. The highest BCUT2D eigenvalue weighted by Crippen LogP contribution is 2.20. The Morgan fingerprint density at radius 2 is 1.87 bits per heavy atom. The predicted molar refractivity (Wildman–Crippen MR) is 84.3 cm³/mol. The fourth-order valence-electron chi connectivity index (χ4n) is 1.84. The SMILES string of the molecule is COc1ccc(S(=O)(=O)Nc2cccc(C=CC(=O)[O-])c2)cc1. The van der Waals surface area contributed by atoms with Crippen LogP contribution in [0.5, 0.6) is 5.75 Å². The van der Waals surface area contributed by atoms with Crippen LogP contribution in [0.2, 0.25) is 0 Å². The third kappa shape index (κ3) is 4.58. The number of hydrogen-bond acceptors (Lipinski definition) is 5. The Labute approximate surface area is 134 Å². The van der Waals surface area contributed by atoms with Gasteiger partial charge in [-0.15, -0.1) is 0 Å². The number of carbonyl (C=O) groups excluding carboxylic acids is 1. The van der Waals surface area contributed by atoms with E-state index in [0.717, 1.165) is 6.08 Å². The first-order chi connectivity index (χ1) is 10.9. The zero-order chi connectivity index (χ0) is 16.9. The van der Waals surface area contributed by atoms with Crippen molar-refractivity contribution in [2.24, 2.45) is 0 Å². The average Bonchev–Trinajstić information content (AvgIpc) is 2.53. The summed E-state index contributed by atoms with van der Waals surface area (Å²) in [5, 5.41) is 10.4. The largest absolute Gasteiger partial charge is 0.545 e. The Morgan fingerprint density at radius 1 is 1.17 bits per heavy atom. The number of sulfonamides is 1. The van der Waals surface area contributed by atoms with Crippen molar-refractivity contribution in [1.82, 2.24) is 0 Å². The van der Waals surface area contributed by atoms with Gasteiger partial charge in [0.05, 0.1) is 18.0 Å². The molecular formula is C16H14NO5S-. The quantitative estimate of drug-likeness (QED) is 0.804. The highest BCUT2D eigenvalue weighted by molar-refractivity contribution is 7.92. The molecule has 0 radical (unpaired) electrons. The van der Waals surface area contributed by atoms with Crippen molar-refractivity contribution in [3.05, 3.63) is 60.2 Å². The lowest BCUT2D eigenvalue weighted by atomic mass is 10.2. The molecule has 0 aliphatic rings. The Bertz CT molecular complexity index is 826. The second-order valence-electron chi connectivity index (χ2n) is 4.56. The minimum absolute atomic E-state index is 0.0916. The number of methoxy groups -OCH3 is 1. The Kier molecular flexibility index (Phi) is 5.02. The molecule has 0 amide bonds. The summed E-state index contributed by atoms with van der Waals surface area (Å²) >= 11 is 0. The molecule has 120 valence electrons. The van der Waals surface area contributed by atoms with E-state index in [1.54, 1.807) is 30.3 Å². The highest BCUT2D eigenvalue weighted by Gasteiger charge is 2.14. The number of anilines is 1. The first-order valence-electron chi connectivity index (χ1n) is 6.57. The molecule has 2 aromatic rings. The van der Waals surface area contributed by atoms with Gasteiger partial charge < -0.3 is 14.6 Å². The first kappa shape index (κ1) is 16.6. The van der Waals surface area contributed by atoms with Crippen molar-refractivity contribution in [2.75, 3.05) is 11.8 Å². The Balaban J connectivity index is 2.22. The van der Waals surface area contributed by atoms with Gasteiger partial charge in [-0.1, -0.05) is 18.2 Å². The lowest BCUT2D eigenvalue weighted by Gasteiger charge is -2.09. The number of benzene rings is 2. The second kappa shape index (κ2) is 6.97. The number of ether oxygens (including phenoxy) is 1. The van der Waals surface area contributed by atoms with Gasteiger partial charge in [-0.05, 0) is 48.0 Å². The summed E-state index contributed by atoms with van der Waals surface area (Å²) in [7, 11) is -2.25. The van der Waals surface area contributed by atoms with E-state index in [0.29, 0.717) is 17.0 Å². The summed E-state index contributed by atoms with van der Waals surface area (Å²) in [6, 6.07) is 12.3. The summed E-state index contributed by atoms with van der Waals surface area (Å²) in [6.45, 7) is 0. The van der Waals surface area contributed by atoms with E-state index < -0.39 is 16.0 Å². The van der Waals surface area contributed by atoms with Crippen molar-refractivity contribution in [3.8, 4) is 5.75 Å². The topological polar surface area (TPSA) is 95.5 Å². The lowest BCUT2D eigenvalue weighted by Crippen LogP contribution is -2.18. The molecule has 0 aliphatic carbocycles. The fourth-order valence-corrected chi connectivity index (χ4v) is 2.89. The molecule has 2 aromatic carbocycles. The number of carboxylic acids is 1. The Morgan fingerprint density at radius 3 is 2.48 bits per heavy atom. The third-order valence-electron chi connectivity index (χ3n) is 2.92. The van der Waals surface area contributed by atoms with Gasteiger partial charge in [0.15, 0.2) is 0 Å². The number of rotatable bonds is 6. The van der Waals surface area contributed by atoms with E-state index in [2.05, 4.69) is 4.72 Å². The van der Waals surface area contributed by atoms with Gasteiger partial charge in [0.25, 0.3) is 10.0 Å². The minimum Gasteiger partial charge on any atom is -0.545 e. The molecule has 0 fully saturated rings. The van der Waals surface area contributed by atoms with Crippen LogP contribution < -0.4 is 14.6 Å². The number of nitrogens with one attached hydrogen (secondary N) is 1. The van der Waals surface area contributed by atoms with E-state index in [1.807, 2.05) is 0 Å². The molecule has 2 rings (SSSR count). The molecule has 0 saturated heterocycles. The number of carbonyl (C=O) groups is 1. The number of carboxylic acid groups (broad SMARTS) is 1. The predicted octanol–water partition coefficient (Wildman–Crippen LogP) is 1.26. The van der Waals surface area contributed by atoms with Gasteiger partial charge in [-0.3, -0.25) is 4.72 Å². The van der Waals surface area contributed by atoms with Gasteiger partial charge in [-0.25, -0.2) is 8.42 Å². The average molecular weight is 332 g/mol. The molecule has 0 aliphatic heterocycles. The maximum Gasteiger partial charge on any atom is 0.261 e. The van der Waals surface area contributed by atoms with Crippen LogP contribution in [0.1, 0.15) is 5.56 Å². The second-order valence-corrected chi connectivity index (χ2v) is 6.24. The minimum atomic E-state index is -3.74. The molecule has 0 saturated carbocycles. The van der Waals surface area contributed by atoms with E-state index in [-0.39, 0.29) is 4.90 Å². The van der Waals surface area contributed by atoms with Crippen LogP contribution in [-0.4, -0.2) is 21.5 Å². The third-order valence-corrected chi connectivity index (χ3v) is 4.32. The smallest absolute Gasteiger partial charge is 0.261 e. The molecule has 0 aromatic heterocycles. The van der Waals surface area contributed by atoms with E-state index in [1.165, 1.54) is 31.4 Å². The van der Waals surface area contributed by atoms with Crippen molar-refractivity contribution in [1.29, 1.82) is 0 Å². The van der Waals surface area contributed by atoms with Crippen molar-refractivity contribution in [2.45, 2.75) is 4.90 Å². The van der Waals surface area contributed by atoms with Gasteiger partial charge >= 0.3 is 0 Å². The zero-order valence-electron chi connectivity index (χ0n) is 12.2. The summed E-state index contributed by atoms with van der Waals surface area (Å²) < 4.78 is 32.0. The van der Waals surface area contributed by atoms with Crippen molar-refractivity contribution in [3.63, 3.8) is 0 Å². The van der Waals surface area contributed by atoms with E-state index >= 15 is 0 Å². The van der Waals surface area contributed by atoms with Crippen LogP contribution in [-0.2, 0) is 14.8 Å². The molecule has 1 N–H and O–H groups in total. The van der Waals surface area contributed by atoms with Gasteiger partial charge in [0.1, 0.15) is 5.75 Å². The zero-order valence-corrected chi connectivity index (χ0v) is 13.0. The number of hydrogen-bond donors (Lipinski definition) is 1. The molecule has 0 heterocycles. The summed E-state index contributed by atoms with van der Waals surface area (Å²) in [4.78, 5) is 10.5. The standard InChI is InChI=1S/C16H15NO5S/c1-22-14-6-8-15(9-7-14)23(20,21)17-13-4-2-3-12(11-13)5-10-16(18)19/h2-11,17H,1H3,(H,18,19)/p-1. The van der Waals surface area contributed by atoms with Crippen LogP contribution in [0.3, 0.4) is 0 Å². The van der Waals surface area contributed by atoms with Crippen molar-refractivity contribution >= 4 is 27.8 Å². The number of aliphatic carboxylic acids is 1. The summed E-state index contributed by atoms with van der Waals surface area (Å²) in [5.41, 5.74) is 0.852. The molecule has 0 atom stereocenters. The molecule has 0 bridgehead atoms. The first-order valence-corrected chi connectivity index (χ1v) is 8.05. The molecule has 0 unspecified atom stereocenters. The normalized spacial score (nSPS) is 11.3. The summed E-state index contributed by atoms with van der Waals surface area (Å²) in [6.07, 6.45) is 2.19. The molecule has 6 nitrogen and oxygen atoms in total. The van der Waals surface area contributed by atoms with Crippen LogP contribution in [0.25, 0.3) is 6.08 Å². The van der Waals surface area contributed by atoms with Crippen LogP contribution >= 0.6 is 0 Å². The van der Waals surface area contributed by atoms with Crippen LogP contribution in [0.15, 0.2) is 59.5 Å². The van der Waals surface area contributed by atoms with Crippen LogP contribution in [0.4, 0.5) is 5.69 Å². The van der Waals surface area contributed by atoms with E-state index in [4.69, 9.17) is 4.74 Å². The van der Waals surface area contributed by atoms with Gasteiger partial charge in [0.2, 0.25) is 0 Å². The molecule has 7 heteroatoms. The fraction of sp³-hybridized carbons (Fsp3) is 0.0625. The molecule has 23 heavy (non-hydrogen) atoms. The molecule has 0 spiro atoms. The maximum atomic E-state index is 12.3. The lowest BCUT2D eigenvalue weighted by molar-refractivity contribution is -0.297. The van der Waals surface area contributed by atoms with Gasteiger partial charge in [-0.2, -0.15) is 0 Å². The van der Waals surface area contributed by atoms with Crippen LogP contribution in [0, 0.1) is 0 Å². The summed E-state index contributed by atoms with van der Waals surface area (Å²) in [5.74, 6) is -0.771. The van der Waals surface area contributed by atoms with Gasteiger partial charge in [0, 0.05) is 5.69 Å². The molecular weight excluding hydrogens is 318 g/mol. The van der Waals surface area contributed by atoms with E-state index in [9.17, 15) is 18.3 Å². The highest BCUT2D eigenvalue weighted by atomic mass is 32.2. The Hall–Kier alpha value is -2.80. The van der Waals surface area contributed by atoms with Crippen molar-refractivity contribution < 1.29 is 23.1 Å². The monoisotopic (exact) mass is 332 g/mol.